The molecule has 1 atom stereocenters. The molecule has 0 aliphatic carbocycles. The summed E-state index contributed by atoms with van der Waals surface area (Å²) in [6.07, 6.45) is -1.03. The number of rotatable bonds is 6. The highest BCUT2D eigenvalue weighted by Gasteiger charge is 2.14. The van der Waals surface area contributed by atoms with E-state index in [1.807, 2.05) is 0 Å². The van der Waals surface area contributed by atoms with Crippen LogP contribution in [0.15, 0.2) is 28.8 Å². The van der Waals surface area contributed by atoms with Crippen molar-refractivity contribution >= 4 is 5.91 Å². The van der Waals surface area contributed by atoms with Gasteiger partial charge in [0.2, 0.25) is 5.76 Å². The predicted molar refractivity (Wildman–Crippen MR) is 71.4 cm³/mol. The lowest BCUT2D eigenvalue weighted by Crippen LogP contribution is -2.35. The molecule has 8 heteroatoms. The van der Waals surface area contributed by atoms with Gasteiger partial charge in [-0.2, -0.15) is 0 Å². The molecule has 118 valence electrons. The Bertz CT molecular complexity index is 660. The minimum Gasteiger partial charge on any atom is -0.491 e. The molecule has 6 nitrogen and oxygen atoms in total. The number of nitrogens with zero attached hydrogens (tertiary/aromatic N) is 1. The maximum atomic E-state index is 13.0. The van der Waals surface area contributed by atoms with Gasteiger partial charge in [-0.3, -0.25) is 4.79 Å². The van der Waals surface area contributed by atoms with Crippen molar-refractivity contribution < 1.29 is 27.9 Å². The number of aromatic nitrogens is 1. The zero-order valence-electron chi connectivity index (χ0n) is 11.7. The highest BCUT2D eigenvalue weighted by Crippen LogP contribution is 2.15. The van der Waals surface area contributed by atoms with E-state index in [1.54, 1.807) is 6.92 Å². The first kappa shape index (κ1) is 15.9. The van der Waals surface area contributed by atoms with E-state index in [0.717, 1.165) is 12.1 Å². The lowest BCUT2D eigenvalue weighted by Gasteiger charge is -2.12. The summed E-state index contributed by atoms with van der Waals surface area (Å²) in [6, 6.07) is 4.49. The summed E-state index contributed by atoms with van der Waals surface area (Å²) < 4.78 is 35.5. The van der Waals surface area contributed by atoms with E-state index < -0.39 is 23.6 Å². The van der Waals surface area contributed by atoms with Gasteiger partial charge in [-0.15, -0.1) is 0 Å². The minimum absolute atomic E-state index is 0.0335. The van der Waals surface area contributed by atoms with Gasteiger partial charge in [0.1, 0.15) is 18.5 Å². The van der Waals surface area contributed by atoms with E-state index >= 15 is 0 Å². The molecule has 22 heavy (non-hydrogen) atoms. The van der Waals surface area contributed by atoms with Crippen molar-refractivity contribution in [2.75, 3.05) is 13.2 Å². The smallest absolute Gasteiger partial charge is 0.289 e. The summed E-state index contributed by atoms with van der Waals surface area (Å²) in [5, 5.41) is 15.7. The van der Waals surface area contributed by atoms with Gasteiger partial charge in [-0.1, -0.05) is 5.16 Å². The summed E-state index contributed by atoms with van der Waals surface area (Å²) in [5.74, 6) is -2.43. The monoisotopic (exact) mass is 312 g/mol. The van der Waals surface area contributed by atoms with Gasteiger partial charge < -0.3 is 19.7 Å². The number of hydrogen-bond donors (Lipinski definition) is 2. The van der Waals surface area contributed by atoms with Crippen LogP contribution < -0.4 is 10.1 Å². The molecule has 1 aromatic carbocycles. The molecule has 0 saturated heterocycles. The number of aliphatic hydroxyl groups excluding tert-OH is 1. The molecule has 2 rings (SSSR count). The topological polar surface area (TPSA) is 84.6 Å². The third-order valence-corrected chi connectivity index (χ3v) is 2.68. The Hall–Kier alpha value is -2.48. The Balaban J connectivity index is 1.77. The summed E-state index contributed by atoms with van der Waals surface area (Å²) in [6.45, 7) is 1.38. The maximum absolute atomic E-state index is 13.0. The molecular formula is C14H14F2N2O4. The average molecular weight is 312 g/mol. The van der Waals surface area contributed by atoms with E-state index in [1.165, 1.54) is 12.1 Å². The maximum Gasteiger partial charge on any atom is 0.289 e. The van der Waals surface area contributed by atoms with Crippen LogP contribution in [0.4, 0.5) is 8.78 Å². The van der Waals surface area contributed by atoms with Crippen LogP contribution in [-0.2, 0) is 0 Å². The minimum atomic E-state index is -1.04. The molecule has 0 spiro atoms. The van der Waals surface area contributed by atoms with Gasteiger partial charge in [0.25, 0.3) is 5.91 Å². The Morgan fingerprint density at radius 1 is 1.41 bits per heavy atom. The molecule has 0 radical (unpaired) electrons. The van der Waals surface area contributed by atoms with E-state index in [4.69, 9.17) is 9.26 Å². The van der Waals surface area contributed by atoms with Crippen LogP contribution in [0.25, 0.3) is 0 Å². The van der Waals surface area contributed by atoms with E-state index in [-0.39, 0.29) is 24.7 Å². The lowest BCUT2D eigenvalue weighted by molar-refractivity contribution is 0.0814. The van der Waals surface area contributed by atoms with Crippen LogP contribution in [-0.4, -0.2) is 35.4 Å². The molecule has 2 N–H and O–H groups in total. The Morgan fingerprint density at radius 2 is 2.18 bits per heavy atom. The number of carbonyl (C=O) groups excluding carboxylic acids is 1. The second kappa shape index (κ2) is 6.99. The normalized spacial score (nSPS) is 12.0. The van der Waals surface area contributed by atoms with Crippen LogP contribution >= 0.6 is 0 Å². The van der Waals surface area contributed by atoms with Crippen LogP contribution in [0, 0.1) is 18.6 Å². The number of ether oxygens (including phenoxy) is 1. The van der Waals surface area contributed by atoms with E-state index in [0.29, 0.717) is 5.69 Å². The van der Waals surface area contributed by atoms with Crippen molar-refractivity contribution in [2.24, 2.45) is 0 Å². The van der Waals surface area contributed by atoms with Gasteiger partial charge in [-0.25, -0.2) is 8.78 Å². The Morgan fingerprint density at radius 3 is 2.82 bits per heavy atom. The van der Waals surface area contributed by atoms with Gasteiger partial charge in [0.15, 0.2) is 11.6 Å². The van der Waals surface area contributed by atoms with Gasteiger partial charge in [0, 0.05) is 18.7 Å². The molecule has 0 saturated carbocycles. The summed E-state index contributed by atoms with van der Waals surface area (Å²) >= 11 is 0. The molecule has 0 aliphatic rings. The van der Waals surface area contributed by atoms with Crippen molar-refractivity contribution in [1.82, 2.24) is 10.5 Å². The molecule has 0 aliphatic heterocycles. The van der Waals surface area contributed by atoms with Crippen molar-refractivity contribution in [3.63, 3.8) is 0 Å². The fourth-order valence-electron chi connectivity index (χ4n) is 1.59. The second-order valence-corrected chi connectivity index (χ2v) is 4.58. The number of aryl methyl sites for hydroxylation is 1. The number of benzene rings is 1. The van der Waals surface area contributed by atoms with E-state index in [2.05, 4.69) is 10.5 Å². The van der Waals surface area contributed by atoms with Gasteiger partial charge in [-0.05, 0) is 19.1 Å². The lowest BCUT2D eigenvalue weighted by atomic mass is 10.3. The molecule has 1 amide bonds. The third kappa shape index (κ3) is 4.26. The summed E-state index contributed by atoms with van der Waals surface area (Å²) in [5.41, 5.74) is 0.562. The highest BCUT2D eigenvalue weighted by atomic mass is 19.2. The number of carbonyl (C=O) groups is 1. The average Bonchev–Trinajstić information content (AvgIpc) is 2.92. The van der Waals surface area contributed by atoms with Crippen LogP contribution in [0.3, 0.4) is 0 Å². The van der Waals surface area contributed by atoms with E-state index in [9.17, 15) is 18.7 Å². The highest BCUT2D eigenvalue weighted by molar-refractivity contribution is 5.91. The first-order chi connectivity index (χ1) is 10.5. The SMILES string of the molecule is Cc1cc(C(=O)NCC(O)COc2ccc(F)c(F)c2)on1. The number of aliphatic hydroxyl groups is 1. The van der Waals surface area contributed by atoms with Gasteiger partial charge >= 0.3 is 0 Å². The molecule has 1 heterocycles. The Labute approximate surface area is 124 Å². The molecule has 1 aromatic heterocycles. The first-order valence-corrected chi connectivity index (χ1v) is 6.43. The first-order valence-electron chi connectivity index (χ1n) is 6.43. The zero-order chi connectivity index (χ0) is 16.1. The zero-order valence-corrected chi connectivity index (χ0v) is 11.7. The quantitative estimate of drug-likeness (QED) is 0.843. The second-order valence-electron chi connectivity index (χ2n) is 4.58. The fourth-order valence-corrected chi connectivity index (χ4v) is 1.59. The molecule has 0 fully saturated rings. The largest absolute Gasteiger partial charge is 0.491 e. The molecule has 1 unspecified atom stereocenters. The number of nitrogens with one attached hydrogen (secondary N) is 1. The summed E-state index contributed by atoms with van der Waals surface area (Å²) in [4.78, 5) is 11.6. The van der Waals surface area contributed by atoms with Crippen molar-refractivity contribution in [3.05, 3.63) is 47.4 Å². The molecular weight excluding hydrogens is 298 g/mol. The van der Waals surface area contributed by atoms with Crippen LogP contribution in [0.2, 0.25) is 0 Å². The van der Waals surface area contributed by atoms with Crippen molar-refractivity contribution in [1.29, 1.82) is 0 Å². The number of halogens is 2. The predicted octanol–water partition coefficient (Wildman–Crippen LogP) is 1.43. The van der Waals surface area contributed by atoms with Crippen LogP contribution in [0.5, 0.6) is 5.75 Å². The number of amides is 1. The number of hydrogen-bond acceptors (Lipinski definition) is 5. The fraction of sp³-hybridized carbons (Fsp3) is 0.286. The standard InChI is InChI=1S/C14H14F2N2O4/c1-8-4-13(22-18-8)14(20)17-6-9(19)7-21-10-2-3-11(15)12(16)5-10/h2-5,9,19H,6-7H2,1H3,(H,17,20). The van der Waals surface area contributed by atoms with Gasteiger partial charge in [0.05, 0.1) is 5.69 Å². The Kier molecular flexibility index (Phi) is 5.05. The summed E-state index contributed by atoms with van der Waals surface area (Å²) in [7, 11) is 0. The molecule has 0 bridgehead atoms. The molecule has 2 aromatic rings. The van der Waals surface area contributed by atoms with Crippen LogP contribution in [0.1, 0.15) is 16.2 Å². The van der Waals surface area contributed by atoms with Crippen molar-refractivity contribution in [2.45, 2.75) is 13.0 Å². The third-order valence-electron chi connectivity index (χ3n) is 2.68. The van der Waals surface area contributed by atoms with Crippen molar-refractivity contribution in [3.8, 4) is 5.75 Å².